The van der Waals surface area contributed by atoms with E-state index in [1.807, 2.05) is 13.0 Å². The van der Waals surface area contributed by atoms with E-state index >= 15 is 0 Å². The van der Waals surface area contributed by atoms with E-state index in [4.69, 9.17) is 4.74 Å². The normalized spacial score (nSPS) is 12.6. The maximum atomic E-state index is 11.4. The van der Waals surface area contributed by atoms with Gasteiger partial charge in [-0.2, -0.15) is 0 Å². The van der Waals surface area contributed by atoms with Crippen LogP contribution in [0.25, 0.3) is 0 Å². The monoisotopic (exact) mass is 269 g/mol. The molecule has 0 aliphatic carbocycles. The fraction of sp³-hybridized carbons (Fsp3) is 0.812. The maximum absolute atomic E-state index is 11.4. The molecule has 0 radical (unpaired) electrons. The third-order valence-electron chi connectivity index (χ3n) is 3.38. The Bertz CT molecular complexity index is 282. The molecule has 1 N–H and O–H groups in total. The topological polar surface area (TPSA) is 38.3 Å². The zero-order valence-electron chi connectivity index (χ0n) is 13.3. The number of ether oxygens (including phenoxy) is 1. The Morgan fingerprint density at radius 1 is 1.26 bits per heavy atom. The van der Waals surface area contributed by atoms with E-state index < -0.39 is 0 Å². The second kappa shape index (κ2) is 10.0. The molecular formula is C16H31NO2. The Kier molecular flexibility index (Phi) is 9.58. The predicted octanol–water partition coefficient (Wildman–Crippen LogP) is 3.69. The molecule has 0 bridgehead atoms. The molecule has 3 nitrogen and oxygen atoms in total. The van der Waals surface area contributed by atoms with E-state index in [-0.39, 0.29) is 5.97 Å². The number of methoxy groups -OCH3 is 1. The highest BCUT2D eigenvalue weighted by Crippen LogP contribution is 2.22. The first-order chi connectivity index (χ1) is 8.96. The summed E-state index contributed by atoms with van der Waals surface area (Å²) in [6.07, 6.45) is 7.78. The van der Waals surface area contributed by atoms with Crippen molar-refractivity contribution in [2.24, 2.45) is 5.41 Å². The Morgan fingerprint density at radius 3 is 2.47 bits per heavy atom. The SMILES string of the molecule is CCCCCC(C)(C)CNC/C=C(/CC)C(=O)OC. The first-order valence-electron chi connectivity index (χ1n) is 7.45. The van der Waals surface area contributed by atoms with Crippen molar-refractivity contribution >= 4 is 5.97 Å². The summed E-state index contributed by atoms with van der Waals surface area (Å²) in [7, 11) is 1.43. The summed E-state index contributed by atoms with van der Waals surface area (Å²) < 4.78 is 4.73. The fourth-order valence-corrected chi connectivity index (χ4v) is 2.05. The predicted molar refractivity (Wildman–Crippen MR) is 81.2 cm³/mol. The van der Waals surface area contributed by atoms with Gasteiger partial charge in [-0.3, -0.25) is 0 Å². The van der Waals surface area contributed by atoms with Crippen LogP contribution < -0.4 is 5.32 Å². The molecule has 0 rings (SSSR count). The van der Waals surface area contributed by atoms with E-state index in [0.717, 1.165) is 18.7 Å². The van der Waals surface area contributed by atoms with Gasteiger partial charge in [0.25, 0.3) is 0 Å². The van der Waals surface area contributed by atoms with Gasteiger partial charge in [-0.1, -0.05) is 53.0 Å². The molecule has 0 amide bonds. The Labute approximate surface area is 118 Å². The molecule has 0 aromatic rings. The Balaban J connectivity index is 4.00. The van der Waals surface area contributed by atoms with Crippen LogP contribution >= 0.6 is 0 Å². The van der Waals surface area contributed by atoms with Gasteiger partial charge < -0.3 is 10.1 Å². The number of hydrogen-bond donors (Lipinski definition) is 1. The Hall–Kier alpha value is -0.830. The summed E-state index contributed by atoms with van der Waals surface area (Å²) in [4.78, 5) is 11.4. The van der Waals surface area contributed by atoms with Crippen LogP contribution in [-0.4, -0.2) is 26.2 Å². The fourth-order valence-electron chi connectivity index (χ4n) is 2.05. The maximum Gasteiger partial charge on any atom is 0.333 e. The molecular weight excluding hydrogens is 238 g/mol. The largest absolute Gasteiger partial charge is 0.466 e. The lowest BCUT2D eigenvalue weighted by molar-refractivity contribution is -0.136. The van der Waals surface area contributed by atoms with Crippen LogP contribution in [0.3, 0.4) is 0 Å². The van der Waals surface area contributed by atoms with Crippen LogP contribution in [0.4, 0.5) is 0 Å². The highest BCUT2D eigenvalue weighted by molar-refractivity contribution is 5.88. The lowest BCUT2D eigenvalue weighted by atomic mass is 9.87. The quantitative estimate of drug-likeness (QED) is 0.373. The van der Waals surface area contributed by atoms with Crippen molar-refractivity contribution in [3.05, 3.63) is 11.6 Å². The number of unbranched alkanes of at least 4 members (excludes halogenated alkanes) is 2. The van der Waals surface area contributed by atoms with Crippen molar-refractivity contribution < 1.29 is 9.53 Å². The van der Waals surface area contributed by atoms with Crippen LogP contribution in [0.5, 0.6) is 0 Å². The van der Waals surface area contributed by atoms with Gasteiger partial charge in [0, 0.05) is 18.7 Å². The number of rotatable bonds is 10. The molecule has 0 spiro atoms. The highest BCUT2D eigenvalue weighted by atomic mass is 16.5. The van der Waals surface area contributed by atoms with Gasteiger partial charge in [0.15, 0.2) is 0 Å². The van der Waals surface area contributed by atoms with Crippen molar-refractivity contribution in [3.63, 3.8) is 0 Å². The summed E-state index contributed by atoms with van der Waals surface area (Å²) in [6.45, 7) is 10.5. The van der Waals surface area contributed by atoms with Crippen molar-refractivity contribution in [2.75, 3.05) is 20.2 Å². The molecule has 0 aliphatic rings. The lowest BCUT2D eigenvalue weighted by Gasteiger charge is -2.24. The van der Waals surface area contributed by atoms with Gasteiger partial charge in [0.2, 0.25) is 0 Å². The molecule has 0 aromatic heterocycles. The van der Waals surface area contributed by atoms with Gasteiger partial charge in [-0.25, -0.2) is 4.79 Å². The van der Waals surface area contributed by atoms with Crippen LogP contribution in [0.1, 0.15) is 59.8 Å². The molecule has 0 heterocycles. The molecule has 112 valence electrons. The van der Waals surface area contributed by atoms with Crippen LogP contribution in [0.2, 0.25) is 0 Å². The minimum Gasteiger partial charge on any atom is -0.466 e. The van der Waals surface area contributed by atoms with Crippen LogP contribution in [0.15, 0.2) is 11.6 Å². The van der Waals surface area contributed by atoms with Gasteiger partial charge in [-0.05, 0) is 18.3 Å². The van der Waals surface area contributed by atoms with Gasteiger partial charge in [-0.15, -0.1) is 0 Å². The third kappa shape index (κ3) is 8.82. The van der Waals surface area contributed by atoms with E-state index in [1.54, 1.807) is 0 Å². The van der Waals surface area contributed by atoms with E-state index in [0.29, 0.717) is 11.8 Å². The average Bonchev–Trinajstić information content (AvgIpc) is 2.38. The van der Waals surface area contributed by atoms with E-state index in [2.05, 4.69) is 26.1 Å². The zero-order chi connectivity index (χ0) is 14.7. The molecule has 0 aliphatic heterocycles. The number of nitrogens with one attached hydrogen (secondary N) is 1. The first kappa shape index (κ1) is 18.2. The average molecular weight is 269 g/mol. The standard InChI is InChI=1S/C16H31NO2/c1-6-8-9-11-16(3,4)13-17-12-10-14(7-2)15(18)19-5/h10,17H,6-9,11-13H2,1-5H3/b14-10-. The van der Waals surface area contributed by atoms with E-state index in [1.165, 1.54) is 32.8 Å². The number of hydrogen-bond acceptors (Lipinski definition) is 3. The molecule has 0 saturated carbocycles. The molecule has 0 fully saturated rings. The molecule has 0 unspecified atom stereocenters. The summed E-state index contributed by atoms with van der Waals surface area (Å²) in [5, 5.41) is 3.41. The van der Waals surface area contributed by atoms with Gasteiger partial charge in [0.1, 0.15) is 0 Å². The summed E-state index contributed by atoms with van der Waals surface area (Å²) in [5.41, 5.74) is 1.07. The summed E-state index contributed by atoms with van der Waals surface area (Å²) in [5.74, 6) is -0.216. The molecule has 0 aromatic carbocycles. The second-order valence-electron chi connectivity index (χ2n) is 5.83. The van der Waals surface area contributed by atoms with Crippen molar-refractivity contribution in [1.82, 2.24) is 5.32 Å². The number of esters is 1. The molecule has 0 atom stereocenters. The summed E-state index contributed by atoms with van der Waals surface area (Å²) >= 11 is 0. The first-order valence-corrected chi connectivity index (χ1v) is 7.45. The molecule has 0 saturated heterocycles. The van der Waals surface area contributed by atoms with Gasteiger partial charge in [0.05, 0.1) is 7.11 Å². The lowest BCUT2D eigenvalue weighted by Crippen LogP contribution is -2.29. The summed E-state index contributed by atoms with van der Waals surface area (Å²) in [6, 6.07) is 0. The number of carbonyl (C=O) groups excluding carboxylic acids is 1. The smallest absolute Gasteiger partial charge is 0.333 e. The van der Waals surface area contributed by atoms with Crippen molar-refractivity contribution in [3.8, 4) is 0 Å². The minimum absolute atomic E-state index is 0.216. The van der Waals surface area contributed by atoms with Crippen LogP contribution in [-0.2, 0) is 9.53 Å². The third-order valence-corrected chi connectivity index (χ3v) is 3.38. The van der Waals surface area contributed by atoms with Crippen molar-refractivity contribution in [1.29, 1.82) is 0 Å². The zero-order valence-corrected chi connectivity index (χ0v) is 13.3. The highest BCUT2D eigenvalue weighted by Gasteiger charge is 2.16. The Morgan fingerprint density at radius 2 is 1.95 bits per heavy atom. The van der Waals surface area contributed by atoms with Gasteiger partial charge >= 0.3 is 5.97 Å². The second-order valence-corrected chi connectivity index (χ2v) is 5.83. The van der Waals surface area contributed by atoms with E-state index in [9.17, 15) is 4.79 Å². The number of carbonyl (C=O) groups is 1. The minimum atomic E-state index is -0.216. The molecule has 19 heavy (non-hydrogen) atoms. The van der Waals surface area contributed by atoms with Crippen molar-refractivity contribution in [2.45, 2.75) is 59.8 Å². The van der Waals surface area contributed by atoms with Crippen LogP contribution in [0, 0.1) is 5.41 Å². The molecule has 3 heteroatoms.